The topological polar surface area (TPSA) is 105 Å². The Balaban J connectivity index is 1.52. The van der Waals surface area contributed by atoms with E-state index in [1.165, 1.54) is 0 Å². The number of benzene rings is 1. The van der Waals surface area contributed by atoms with Gasteiger partial charge in [0.25, 0.3) is 5.91 Å². The van der Waals surface area contributed by atoms with Crippen LogP contribution in [0.25, 0.3) is 0 Å². The molecule has 0 aromatic heterocycles. The number of rotatable bonds is 7. The maximum Gasteiger partial charge on any atom is 0.409 e. The summed E-state index contributed by atoms with van der Waals surface area (Å²) in [5.74, 6) is -0.103. The second-order valence-electron chi connectivity index (χ2n) is 8.00. The third-order valence-electron chi connectivity index (χ3n) is 5.44. The van der Waals surface area contributed by atoms with Crippen LogP contribution in [0.5, 0.6) is 0 Å². The predicted molar refractivity (Wildman–Crippen MR) is 117 cm³/mol. The Morgan fingerprint density at radius 3 is 2.58 bits per heavy atom. The zero-order chi connectivity index (χ0) is 22.4. The molecule has 2 atom stereocenters. The number of piperazine rings is 1. The Kier molecular flexibility index (Phi) is 7.77. The molecule has 31 heavy (non-hydrogen) atoms. The number of anilines is 1. The van der Waals surface area contributed by atoms with Gasteiger partial charge < -0.3 is 19.3 Å². The largest absolute Gasteiger partial charge is 0.447 e. The molecule has 1 N–H and O–H groups in total. The maximum absolute atomic E-state index is 12.9. The lowest BCUT2D eigenvalue weighted by Crippen LogP contribution is -2.55. The standard InChI is InChI=1S/C21H31N3O6S/c1-3-13-31(27,28)22-18-8-6-17(7-9-18)20(25)24-11-10-23(14-16(24)2)21(26)30-15-19-5-4-12-29-19/h6-9,16,19,22H,3-5,10-15H2,1-2H3/t16-,19?/m1/s1. The van der Waals surface area contributed by atoms with Gasteiger partial charge in [0, 0.05) is 43.5 Å². The molecule has 2 aliphatic heterocycles. The highest BCUT2D eigenvalue weighted by Gasteiger charge is 2.31. The van der Waals surface area contributed by atoms with Gasteiger partial charge in [-0.2, -0.15) is 0 Å². The van der Waals surface area contributed by atoms with Crippen molar-refractivity contribution in [3.05, 3.63) is 29.8 Å². The number of ether oxygens (including phenoxy) is 2. The van der Waals surface area contributed by atoms with Crippen molar-refractivity contribution in [2.75, 3.05) is 43.3 Å². The summed E-state index contributed by atoms with van der Waals surface area (Å²) in [6.45, 7) is 5.86. The van der Waals surface area contributed by atoms with Gasteiger partial charge in [-0.3, -0.25) is 9.52 Å². The highest BCUT2D eigenvalue weighted by molar-refractivity contribution is 7.92. The van der Waals surface area contributed by atoms with Crippen LogP contribution in [0.2, 0.25) is 0 Å². The fraction of sp³-hybridized carbons (Fsp3) is 0.619. The summed E-state index contributed by atoms with van der Waals surface area (Å²) >= 11 is 0. The lowest BCUT2D eigenvalue weighted by atomic mass is 10.1. The number of hydrogen-bond acceptors (Lipinski definition) is 6. The zero-order valence-corrected chi connectivity index (χ0v) is 18.9. The van der Waals surface area contributed by atoms with Gasteiger partial charge >= 0.3 is 6.09 Å². The summed E-state index contributed by atoms with van der Waals surface area (Å²) in [6, 6.07) is 6.23. The second kappa shape index (κ2) is 10.3. The molecule has 10 heteroatoms. The van der Waals surface area contributed by atoms with Gasteiger partial charge in [-0.1, -0.05) is 6.92 Å². The monoisotopic (exact) mass is 453 g/mol. The smallest absolute Gasteiger partial charge is 0.409 e. The normalized spacial score (nSPS) is 21.7. The van der Waals surface area contributed by atoms with Crippen LogP contribution in [-0.4, -0.2) is 81.0 Å². The molecule has 2 saturated heterocycles. The quantitative estimate of drug-likeness (QED) is 0.679. The predicted octanol–water partition coefficient (Wildman–Crippen LogP) is 2.30. The Morgan fingerprint density at radius 1 is 1.23 bits per heavy atom. The van der Waals surface area contributed by atoms with Crippen molar-refractivity contribution in [3.8, 4) is 0 Å². The summed E-state index contributed by atoms with van der Waals surface area (Å²) in [7, 11) is -3.37. The van der Waals surface area contributed by atoms with Crippen molar-refractivity contribution in [2.45, 2.75) is 45.3 Å². The molecule has 0 radical (unpaired) electrons. The highest BCUT2D eigenvalue weighted by Crippen LogP contribution is 2.18. The van der Waals surface area contributed by atoms with Crippen LogP contribution in [0.15, 0.2) is 24.3 Å². The van der Waals surface area contributed by atoms with Crippen LogP contribution in [0.4, 0.5) is 10.5 Å². The summed E-state index contributed by atoms with van der Waals surface area (Å²) in [5, 5.41) is 0. The molecule has 1 unspecified atom stereocenters. The fourth-order valence-corrected chi connectivity index (χ4v) is 4.94. The van der Waals surface area contributed by atoms with Gasteiger partial charge in [0.15, 0.2) is 0 Å². The van der Waals surface area contributed by atoms with Crippen molar-refractivity contribution in [1.29, 1.82) is 0 Å². The number of carbonyl (C=O) groups excluding carboxylic acids is 2. The average Bonchev–Trinajstić information content (AvgIpc) is 3.25. The lowest BCUT2D eigenvalue weighted by Gasteiger charge is -2.39. The van der Waals surface area contributed by atoms with Crippen molar-refractivity contribution in [1.82, 2.24) is 9.80 Å². The van der Waals surface area contributed by atoms with Crippen LogP contribution in [0.3, 0.4) is 0 Å². The number of nitrogens with zero attached hydrogens (tertiary/aromatic N) is 2. The number of hydrogen-bond donors (Lipinski definition) is 1. The second-order valence-corrected chi connectivity index (χ2v) is 9.85. The molecule has 0 bridgehead atoms. The maximum atomic E-state index is 12.9. The Morgan fingerprint density at radius 2 is 1.97 bits per heavy atom. The molecule has 1 aromatic rings. The van der Waals surface area contributed by atoms with E-state index in [0.29, 0.717) is 43.9 Å². The number of carbonyl (C=O) groups is 2. The van der Waals surface area contributed by atoms with E-state index >= 15 is 0 Å². The summed E-state index contributed by atoms with van der Waals surface area (Å²) in [4.78, 5) is 28.6. The summed E-state index contributed by atoms with van der Waals surface area (Å²) < 4.78 is 37.1. The molecule has 2 heterocycles. The fourth-order valence-electron chi connectivity index (χ4n) is 3.80. The molecule has 3 rings (SSSR count). The molecule has 0 saturated carbocycles. The minimum Gasteiger partial charge on any atom is -0.447 e. The van der Waals surface area contributed by atoms with Gasteiger partial charge in [0.2, 0.25) is 10.0 Å². The van der Waals surface area contributed by atoms with E-state index < -0.39 is 10.0 Å². The minimum absolute atomic E-state index is 0.0151. The van der Waals surface area contributed by atoms with Crippen molar-refractivity contribution >= 4 is 27.7 Å². The van der Waals surface area contributed by atoms with Crippen molar-refractivity contribution in [2.24, 2.45) is 0 Å². The molecular weight excluding hydrogens is 422 g/mol. The van der Waals surface area contributed by atoms with Crippen LogP contribution in [0.1, 0.15) is 43.5 Å². The first-order valence-electron chi connectivity index (χ1n) is 10.7. The Labute approximate surface area is 183 Å². The number of sulfonamides is 1. The summed E-state index contributed by atoms with van der Waals surface area (Å²) in [5.41, 5.74) is 0.900. The van der Waals surface area contributed by atoms with Crippen LogP contribution in [0, 0.1) is 0 Å². The van der Waals surface area contributed by atoms with Gasteiger partial charge in [-0.05, 0) is 50.5 Å². The van der Waals surface area contributed by atoms with Crippen LogP contribution in [-0.2, 0) is 19.5 Å². The highest BCUT2D eigenvalue weighted by atomic mass is 32.2. The molecule has 2 amide bonds. The van der Waals surface area contributed by atoms with Crippen LogP contribution < -0.4 is 4.72 Å². The molecule has 0 spiro atoms. The van der Waals surface area contributed by atoms with E-state index in [2.05, 4.69) is 4.72 Å². The first-order valence-corrected chi connectivity index (χ1v) is 12.4. The molecule has 9 nitrogen and oxygen atoms in total. The van der Waals surface area contributed by atoms with E-state index in [1.807, 2.05) is 6.92 Å². The van der Waals surface area contributed by atoms with E-state index in [0.717, 1.165) is 12.8 Å². The van der Waals surface area contributed by atoms with Gasteiger partial charge in [0.05, 0.1) is 11.9 Å². The summed E-state index contributed by atoms with van der Waals surface area (Å²) in [6.07, 6.45) is 2.03. The first kappa shape index (κ1) is 23.3. The average molecular weight is 454 g/mol. The SMILES string of the molecule is CCCS(=O)(=O)Nc1ccc(C(=O)N2CCN(C(=O)OCC3CCCO3)C[C@H]2C)cc1. The third-order valence-corrected chi connectivity index (χ3v) is 6.93. The molecule has 172 valence electrons. The molecule has 0 aliphatic carbocycles. The Bertz CT molecular complexity index is 868. The minimum atomic E-state index is -3.37. The molecule has 2 aliphatic rings. The van der Waals surface area contributed by atoms with Crippen LogP contribution >= 0.6 is 0 Å². The van der Waals surface area contributed by atoms with Gasteiger partial charge in [-0.15, -0.1) is 0 Å². The third kappa shape index (κ3) is 6.33. The van der Waals surface area contributed by atoms with E-state index in [-0.39, 0.29) is 36.5 Å². The van der Waals surface area contributed by atoms with E-state index in [4.69, 9.17) is 9.47 Å². The van der Waals surface area contributed by atoms with E-state index in [1.54, 1.807) is 41.0 Å². The van der Waals surface area contributed by atoms with Crippen molar-refractivity contribution < 1.29 is 27.5 Å². The molecule has 2 fully saturated rings. The Hall–Kier alpha value is -2.33. The zero-order valence-electron chi connectivity index (χ0n) is 18.1. The first-order chi connectivity index (χ1) is 14.8. The number of nitrogens with one attached hydrogen (secondary N) is 1. The van der Waals surface area contributed by atoms with Crippen molar-refractivity contribution in [3.63, 3.8) is 0 Å². The molecule has 1 aromatic carbocycles. The number of amides is 2. The van der Waals surface area contributed by atoms with Gasteiger partial charge in [-0.25, -0.2) is 13.2 Å². The van der Waals surface area contributed by atoms with E-state index in [9.17, 15) is 18.0 Å². The lowest BCUT2D eigenvalue weighted by molar-refractivity contribution is 0.0160. The van der Waals surface area contributed by atoms with Gasteiger partial charge in [0.1, 0.15) is 6.61 Å². The molecular formula is C21H31N3O6S.